The van der Waals surface area contributed by atoms with Crippen molar-refractivity contribution in [1.82, 2.24) is 10.3 Å². The van der Waals surface area contributed by atoms with Crippen LogP contribution in [0.25, 0.3) is 0 Å². The predicted molar refractivity (Wildman–Crippen MR) is 108 cm³/mol. The topological polar surface area (TPSA) is 122 Å². The number of hydrogen-bond acceptors (Lipinski definition) is 6. The molecule has 1 aliphatic rings. The quantitative estimate of drug-likeness (QED) is 0.596. The fraction of sp³-hybridized carbons (Fsp3) is 0.368. The molecule has 10 heteroatoms. The van der Waals surface area contributed by atoms with Crippen LogP contribution >= 0.6 is 11.3 Å². The highest BCUT2D eigenvalue weighted by Crippen LogP contribution is 2.29. The van der Waals surface area contributed by atoms with Gasteiger partial charge in [-0.2, -0.15) is 0 Å². The molecule has 1 amide bonds. The lowest BCUT2D eigenvalue weighted by Gasteiger charge is -2.12. The van der Waals surface area contributed by atoms with Crippen LogP contribution in [0.3, 0.4) is 0 Å². The van der Waals surface area contributed by atoms with Crippen molar-refractivity contribution in [3.05, 3.63) is 45.1 Å². The number of rotatable bonds is 6. The number of sulfonamides is 1. The Morgan fingerprint density at radius 1 is 1.10 bits per heavy atom. The number of hydrazine groups is 1. The van der Waals surface area contributed by atoms with Crippen LogP contribution in [-0.2, 0) is 22.9 Å². The van der Waals surface area contributed by atoms with Crippen LogP contribution in [0.15, 0.2) is 29.2 Å². The molecule has 156 valence electrons. The zero-order valence-corrected chi connectivity index (χ0v) is 17.5. The number of carbonyl (C=O) groups excluding carboxylic acids is 1. The van der Waals surface area contributed by atoms with Crippen LogP contribution < -0.4 is 15.0 Å². The zero-order chi connectivity index (χ0) is 21.0. The molecule has 2 aromatic rings. The Morgan fingerprint density at radius 2 is 1.83 bits per heavy atom. The molecule has 0 saturated carbocycles. The fourth-order valence-electron chi connectivity index (χ4n) is 3.21. The number of carbonyl (C=O) groups is 2. The van der Waals surface area contributed by atoms with E-state index in [0.717, 1.165) is 37.3 Å². The minimum Gasteiger partial charge on any atom is -0.495 e. The van der Waals surface area contributed by atoms with E-state index in [-0.39, 0.29) is 16.2 Å². The average Bonchev–Trinajstić information content (AvgIpc) is 3.07. The van der Waals surface area contributed by atoms with Gasteiger partial charge in [-0.1, -0.05) is 12.8 Å². The van der Waals surface area contributed by atoms with Gasteiger partial charge in [-0.05, 0) is 55.5 Å². The van der Waals surface area contributed by atoms with Crippen molar-refractivity contribution in [2.75, 3.05) is 7.11 Å². The first-order valence-electron chi connectivity index (χ1n) is 9.17. The van der Waals surface area contributed by atoms with E-state index in [2.05, 4.69) is 5.43 Å². The molecule has 3 N–H and O–H groups in total. The highest BCUT2D eigenvalue weighted by molar-refractivity contribution is 7.89. The molecule has 1 aromatic heterocycles. The minimum absolute atomic E-state index is 0.0316. The second-order valence-electron chi connectivity index (χ2n) is 6.70. The van der Waals surface area contributed by atoms with E-state index >= 15 is 0 Å². The molecule has 1 heterocycles. The van der Waals surface area contributed by atoms with Gasteiger partial charge in [0.15, 0.2) is 0 Å². The second kappa shape index (κ2) is 8.93. The first-order chi connectivity index (χ1) is 13.8. The van der Waals surface area contributed by atoms with Gasteiger partial charge in [0.1, 0.15) is 10.6 Å². The maximum Gasteiger partial charge on any atom is 0.335 e. The minimum atomic E-state index is -4.24. The Kier molecular flexibility index (Phi) is 6.56. The molecule has 0 radical (unpaired) electrons. The smallest absolute Gasteiger partial charge is 0.335 e. The van der Waals surface area contributed by atoms with Crippen molar-refractivity contribution >= 4 is 33.2 Å². The molecule has 0 spiro atoms. The number of ether oxygens (including phenoxy) is 1. The fourth-order valence-corrected chi connectivity index (χ4v) is 5.39. The third-order valence-electron chi connectivity index (χ3n) is 4.72. The van der Waals surface area contributed by atoms with Crippen LogP contribution in [0.2, 0.25) is 0 Å². The highest BCUT2D eigenvalue weighted by atomic mass is 32.2. The Morgan fingerprint density at radius 3 is 2.52 bits per heavy atom. The number of thiophene rings is 1. The van der Waals surface area contributed by atoms with Crippen molar-refractivity contribution in [2.24, 2.45) is 0 Å². The number of methoxy groups -OCH3 is 1. The summed E-state index contributed by atoms with van der Waals surface area (Å²) >= 11 is 1.38. The lowest BCUT2D eigenvalue weighted by atomic mass is 10.00. The van der Waals surface area contributed by atoms with Gasteiger partial charge in [0.25, 0.3) is 15.9 Å². The van der Waals surface area contributed by atoms with Crippen LogP contribution in [0.4, 0.5) is 0 Å². The summed E-state index contributed by atoms with van der Waals surface area (Å²) < 4.78 is 30.2. The van der Waals surface area contributed by atoms with Crippen LogP contribution in [0.1, 0.15) is 56.2 Å². The molecule has 8 nitrogen and oxygen atoms in total. The van der Waals surface area contributed by atoms with Gasteiger partial charge in [-0.3, -0.25) is 10.2 Å². The monoisotopic (exact) mass is 438 g/mol. The Hall–Kier alpha value is -2.43. The van der Waals surface area contributed by atoms with Gasteiger partial charge in [0, 0.05) is 4.88 Å². The van der Waals surface area contributed by atoms with Crippen molar-refractivity contribution in [2.45, 2.75) is 43.4 Å². The summed E-state index contributed by atoms with van der Waals surface area (Å²) in [6, 6.07) is 5.28. The molecule has 0 atom stereocenters. The number of amides is 1. The number of hydrogen-bond donors (Lipinski definition) is 3. The molecule has 1 aromatic carbocycles. The maximum absolute atomic E-state index is 12.6. The third kappa shape index (κ3) is 4.95. The van der Waals surface area contributed by atoms with Crippen LogP contribution in [0.5, 0.6) is 5.75 Å². The Bertz CT molecular complexity index is 1000. The number of carboxylic acids is 1. The van der Waals surface area contributed by atoms with Crippen molar-refractivity contribution in [1.29, 1.82) is 0 Å². The number of benzene rings is 1. The van der Waals surface area contributed by atoms with Crippen LogP contribution in [0, 0.1) is 0 Å². The largest absolute Gasteiger partial charge is 0.495 e. The average molecular weight is 439 g/mol. The summed E-state index contributed by atoms with van der Waals surface area (Å²) in [6.07, 6.45) is 6.37. The molecule has 29 heavy (non-hydrogen) atoms. The van der Waals surface area contributed by atoms with Gasteiger partial charge < -0.3 is 9.84 Å². The summed E-state index contributed by atoms with van der Waals surface area (Å²) in [7, 11) is -2.97. The van der Waals surface area contributed by atoms with Gasteiger partial charge >= 0.3 is 5.97 Å². The van der Waals surface area contributed by atoms with Crippen LogP contribution in [-0.4, -0.2) is 32.5 Å². The van der Waals surface area contributed by atoms with E-state index in [1.54, 1.807) is 0 Å². The van der Waals surface area contributed by atoms with Crippen molar-refractivity contribution < 1.29 is 27.9 Å². The van der Waals surface area contributed by atoms with E-state index in [9.17, 15) is 18.0 Å². The van der Waals surface area contributed by atoms with E-state index in [0.29, 0.717) is 4.88 Å². The molecule has 0 fully saturated rings. The predicted octanol–water partition coefficient (Wildman–Crippen LogP) is 2.74. The van der Waals surface area contributed by atoms with Gasteiger partial charge in [0.05, 0.1) is 17.6 Å². The van der Waals surface area contributed by atoms with Crippen molar-refractivity contribution in [3.8, 4) is 5.75 Å². The molecule has 0 bridgehead atoms. The Balaban J connectivity index is 1.77. The van der Waals surface area contributed by atoms with E-state index < -0.39 is 21.9 Å². The van der Waals surface area contributed by atoms with Gasteiger partial charge in [-0.25, -0.2) is 13.2 Å². The molecule has 1 aliphatic carbocycles. The summed E-state index contributed by atoms with van der Waals surface area (Å²) in [5, 5.41) is 9.10. The number of carboxylic acid groups (broad SMARTS) is 1. The maximum atomic E-state index is 12.6. The summed E-state index contributed by atoms with van der Waals surface area (Å²) in [4.78, 5) is 26.9. The second-order valence-corrected chi connectivity index (χ2v) is 9.49. The first-order valence-corrected chi connectivity index (χ1v) is 11.5. The standard InChI is InChI=1S/C19H22N2O6S2/c1-27-14-9-8-13(19(23)24)11-17(14)29(25,26)21-20-18(22)16-10-12-6-4-2-3-5-7-15(12)28-16/h8-11,21H,2-7H2,1H3,(H,20,22)(H,23,24). The van der Waals surface area contributed by atoms with Gasteiger partial charge in [0.2, 0.25) is 0 Å². The van der Waals surface area contributed by atoms with Crippen molar-refractivity contribution in [3.63, 3.8) is 0 Å². The third-order valence-corrected chi connectivity index (χ3v) is 7.22. The summed E-state index contributed by atoms with van der Waals surface area (Å²) in [5.74, 6) is -1.86. The number of nitrogens with one attached hydrogen (secondary N) is 2. The summed E-state index contributed by atoms with van der Waals surface area (Å²) in [5.41, 5.74) is 3.15. The zero-order valence-electron chi connectivity index (χ0n) is 15.9. The highest BCUT2D eigenvalue weighted by Gasteiger charge is 2.23. The molecule has 0 unspecified atom stereocenters. The van der Waals surface area contributed by atoms with E-state index in [1.165, 1.54) is 48.3 Å². The molecular formula is C19H22N2O6S2. The number of aromatic carboxylic acids is 1. The molecule has 3 rings (SSSR count). The SMILES string of the molecule is COc1ccc(C(=O)O)cc1S(=O)(=O)NNC(=O)c1cc2c(s1)CCCCCC2. The molecule has 0 aliphatic heterocycles. The lowest BCUT2D eigenvalue weighted by molar-refractivity contribution is 0.0696. The Labute approximate surface area is 172 Å². The molecular weight excluding hydrogens is 416 g/mol. The van der Waals surface area contributed by atoms with E-state index in [4.69, 9.17) is 9.84 Å². The normalized spacial score (nSPS) is 14.4. The number of fused-ring (bicyclic) bond motifs is 1. The lowest BCUT2D eigenvalue weighted by Crippen LogP contribution is -2.41. The first kappa shape index (κ1) is 21.3. The molecule has 0 saturated heterocycles. The van der Waals surface area contributed by atoms with Gasteiger partial charge in [-0.15, -0.1) is 16.2 Å². The van der Waals surface area contributed by atoms with E-state index in [1.807, 2.05) is 10.9 Å². The summed E-state index contributed by atoms with van der Waals surface area (Å²) in [6.45, 7) is 0. The number of aryl methyl sites for hydroxylation is 2.